The number of aliphatic imine (C=N–C) groups is 1. The summed E-state index contributed by atoms with van der Waals surface area (Å²) in [4.78, 5) is 20.0. The van der Waals surface area contributed by atoms with E-state index in [-0.39, 0.29) is 12.0 Å². The van der Waals surface area contributed by atoms with E-state index >= 15 is 0 Å². The molecule has 2 heterocycles. The van der Waals surface area contributed by atoms with Crippen LogP contribution in [0.1, 0.15) is 40.2 Å². The van der Waals surface area contributed by atoms with Gasteiger partial charge in [-0.2, -0.15) is 0 Å². The van der Waals surface area contributed by atoms with Crippen molar-refractivity contribution >= 4 is 23.5 Å². The fourth-order valence-electron chi connectivity index (χ4n) is 3.52. The van der Waals surface area contributed by atoms with Crippen molar-refractivity contribution in [3.8, 4) is 0 Å². The third kappa shape index (κ3) is 5.39. The van der Waals surface area contributed by atoms with Gasteiger partial charge >= 0.3 is 0 Å². The van der Waals surface area contributed by atoms with Crippen LogP contribution in [0, 0.1) is 13.8 Å². The number of amides is 1. The van der Waals surface area contributed by atoms with Crippen LogP contribution in [0.2, 0.25) is 0 Å². The van der Waals surface area contributed by atoms with Gasteiger partial charge in [0.05, 0.1) is 6.10 Å². The Morgan fingerprint density at radius 3 is 2.83 bits per heavy atom. The first-order valence-corrected chi connectivity index (χ1v) is 10.1. The van der Waals surface area contributed by atoms with Crippen molar-refractivity contribution in [3.63, 3.8) is 0 Å². The topological polar surface area (TPSA) is 105 Å². The number of rotatable bonds is 8. The number of nitrogens with two attached hydrogens (primary N) is 1. The molecule has 0 spiro atoms. The molecule has 1 aromatic heterocycles. The van der Waals surface area contributed by atoms with Crippen molar-refractivity contribution in [3.05, 3.63) is 71.3 Å². The number of nitrogens with zero attached hydrogens (tertiary/aromatic N) is 1. The molecular weight excluding hydrogens is 378 g/mol. The van der Waals surface area contributed by atoms with Crippen LogP contribution < -0.4 is 16.4 Å². The summed E-state index contributed by atoms with van der Waals surface area (Å²) in [5.74, 6) is 0.348. The molecule has 3 rings (SSSR count). The molecule has 1 aliphatic heterocycles. The maximum atomic E-state index is 12.6. The number of ether oxygens (including phenoxy) is 1. The van der Waals surface area contributed by atoms with E-state index in [1.165, 1.54) is 0 Å². The molecular formula is C23H29N5O2. The predicted molar refractivity (Wildman–Crippen MR) is 121 cm³/mol. The minimum atomic E-state index is -0.153. The van der Waals surface area contributed by atoms with Gasteiger partial charge in [-0.15, -0.1) is 0 Å². The van der Waals surface area contributed by atoms with Crippen molar-refractivity contribution in [2.45, 2.75) is 32.8 Å². The van der Waals surface area contributed by atoms with Gasteiger partial charge in [-0.3, -0.25) is 4.79 Å². The van der Waals surface area contributed by atoms with Gasteiger partial charge in [0.25, 0.3) is 5.91 Å². The summed E-state index contributed by atoms with van der Waals surface area (Å²) in [5, 5.41) is 6.04. The number of allylic oxidation sites excluding steroid dienone is 1. The molecule has 0 bridgehead atoms. The van der Waals surface area contributed by atoms with Gasteiger partial charge in [0.15, 0.2) is 0 Å². The van der Waals surface area contributed by atoms with E-state index < -0.39 is 0 Å². The van der Waals surface area contributed by atoms with Gasteiger partial charge in [0.1, 0.15) is 11.5 Å². The average Bonchev–Trinajstić information content (AvgIpc) is 3.34. The molecule has 158 valence electrons. The second-order valence-electron chi connectivity index (χ2n) is 7.31. The first kappa shape index (κ1) is 21.4. The van der Waals surface area contributed by atoms with Gasteiger partial charge in [-0.05, 0) is 50.5 Å². The molecule has 1 aromatic carbocycles. The summed E-state index contributed by atoms with van der Waals surface area (Å²) >= 11 is 0. The van der Waals surface area contributed by atoms with Crippen molar-refractivity contribution in [1.82, 2.24) is 10.3 Å². The van der Waals surface area contributed by atoms with Gasteiger partial charge < -0.3 is 26.1 Å². The minimum absolute atomic E-state index is 0.101. The number of nitrogens with one attached hydrogen (secondary N) is 3. The molecule has 5 N–H and O–H groups in total. The maximum absolute atomic E-state index is 12.6. The Bertz CT molecular complexity index is 953. The molecule has 1 saturated heterocycles. The first-order valence-electron chi connectivity index (χ1n) is 10.1. The highest BCUT2D eigenvalue weighted by atomic mass is 16.5. The Balaban J connectivity index is 1.64. The van der Waals surface area contributed by atoms with E-state index in [0.29, 0.717) is 23.8 Å². The number of hydrogen-bond acceptors (Lipinski definition) is 5. The number of carbonyl (C=O) groups is 1. The zero-order valence-electron chi connectivity index (χ0n) is 17.5. The molecule has 30 heavy (non-hydrogen) atoms. The molecule has 1 aliphatic rings. The lowest BCUT2D eigenvalue weighted by Crippen LogP contribution is -2.32. The van der Waals surface area contributed by atoms with E-state index in [0.717, 1.165) is 42.0 Å². The van der Waals surface area contributed by atoms with E-state index in [2.05, 4.69) is 27.2 Å². The molecule has 1 unspecified atom stereocenters. The molecule has 2 aromatic rings. The van der Waals surface area contributed by atoms with Crippen LogP contribution in [0.4, 0.5) is 5.69 Å². The van der Waals surface area contributed by atoms with Crippen LogP contribution in [0.3, 0.4) is 0 Å². The van der Waals surface area contributed by atoms with E-state index in [4.69, 9.17) is 10.5 Å². The largest absolute Gasteiger partial charge is 0.398 e. The summed E-state index contributed by atoms with van der Waals surface area (Å²) in [6, 6.07) is 9.68. The molecule has 0 radical (unpaired) electrons. The number of benzene rings is 1. The molecule has 0 aliphatic carbocycles. The van der Waals surface area contributed by atoms with Gasteiger partial charge in [0, 0.05) is 42.0 Å². The van der Waals surface area contributed by atoms with Crippen LogP contribution in [0.25, 0.3) is 5.70 Å². The highest BCUT2D eigenvalue weighted by Crippen LogP contribution is 2.23. The van der Waals surface area contributed by atoms with E-state index in [1.54, 1.807) is 12.3 Å². The number of aromatic nitrogens is 1. The summed E-state index contributed by atoms with van der Waals surface area (Å²) < 4.78 is 5.56. The zero-order valence-corrected chi connectivity index (χ0v) is 17.5. The second kappa shape index (κ2) is 9.93. The minimum Gasteiger partial charge on any atom is -0.398 e. The molecule has 0 saturated carbocycles. The number of hydrogen-bond donors (Lipinski definition) is 4. The Morgan fingerprint density at radius 1 is 1.37 bits per heavy atom. The summed E-state index contributed by atoms with van der Waals surface area (Å²) in [6.07, 6.45) is 5.42. The van der Waals surface area contributed by atoms with E-state index in [1.807, 2.05) is 44.2 Å². The van der Waals surface area contributed by atoms with Crippen LogP contribution in [-0.4, -0.2) is 36.4 Å². The molecule has 1 atom stereocenters. The first-order chi connectivity index (χ1) is 14.5. The SMILES string of the molecule is C=C(/N=C\C=C(/N)c1c(C)[nH]c(C(=O)NCC2CCCO2)c1C)Nc1ccccc1. The van der Waals surface area contributed by atoms with Crippen LogP contribution >= 0.6 is 0 Å². The Kier molecular flexibility index (Phi) is 7.08. The van der Waals surface area contributed by atoms with Gasteiger partial charge in [-0.1, -0.05) is 24.8 Å². The lowest BCUT2D eigenvalue weighted by atomic mass is 10.1. The van der Waals surface area contributed by atoms with Crippen molar-refractivity contribution in [2.75, 3.05) is 18.5 Å². The third-order valence-corrected chi connectivity index (χ3v) is 5.01. The van der Waals surface area contributed by atoms with Crippen LogP contribution in [0.15, 0.2) is 53.8 Å². The fraction of sp³-hybridized carbons (Fsp3) is 0.304. The van der Waals surface area contributed by atoms with Gasteiger partial charge in [0.2, 0.25) is 0 Å². The Hall–Kier alpha value is -3.32. The van der Waals surface area contributed by atoms with Crippen LogP contribution in [0.5, 0.6) is 0 Å². The molecule has 1 amide bonds. The smallest absolute Gasteiger partial charge is 0.268 e. The highest BCUT2D eigenvalue weighted by molar-refractivity contribution is 5.96. The standard InChI is InChI=1S/C23H29N5O2/c1-15-21(16(2)27-22(15)23(29)26-14-19-10-7-13-30-19)20(24)11-12-25-17(3)28-18-8-5-4-6-9-18/h4-6,8-9,11-12,19,27-28H,3,7,10,13-14,24H2,1-2H3,(H,26,29)/b20-11-,25-12-. The number of aromatic amines is 1. The lowest BCUT2D eigenvalue weighted by Gasteiger charge is -2.10. The highest BCUT2D eigenvalue weighted by Gasteiger charge is 2.21. The van der Waals surface area contributed by atoms with Gasteiger partial charge in [-0.25, -0.2) is 4.99 Å². The average molecular weight is 408 g/mol. The number of H-pyrrole nitrogens is 1. The Labute approximate surface area is 177 Å². The van der Waals surface area contributed by atoms with E-state index in [9.17, 15) is 4.79 Å². The summed E-state index contributed by atoms with van der Waals surface area (Å²) in [7, 11) is 0. The monoisotopic (exact) mass is 407 g/mol. The Morgan fingerprint density at radius 2 is 2.13 bits per heavy atom. The molecule has 1 fully saturated rings. The lowest BCUT2D eigenvalue weighted by molar-refractivity contribution is 0.0853. The second-order valence-corrected chi connectivity index (χ2v) is 7.31. The normalized spacial score (nSPS) is 16.7. The number of aryl methyl sites for hydroxylation is 1. The quantitative estimate of drug-likeness (QED) is 0.503. The predicted octanol–water partition coefficient (Wildman–Crippen LogP) is 3.49. The number of carbonyl (C=O) groups excluding carboxylic acids is 1. The molecule has 7 heteroatoms. The number of para-hydroxylation sites is 1. The fourth-order valence-corrected chi connectivity index (χ4v) is 3.52. The maximum Gasteiger partial charge on any atom is 0.268 e. The molecule has 7 nitrogen and oxygen atoms in total. The summed E-state index contributed by atoms with van der Waals surface area (Å²) in [6.45, 7) is 8.94. The third-order valence-electron chi connectivity index (χ3n) is 5.01. The summed E-state index contributed by atoms with van der Waals surface area (Å²) in [5.41, 5.74) is 10.7. The van der Waals surface area contributed by atoms with Crippen molar-refractivity contribution in [1.29, 1.82) is 0 Å². The van der Waals surface area contributed by atoms with Crippen LogP contribution in [-0.2, 0) is 4.74 Å². The van der Waals surface area contributed by atoms with Crippen molar-refractivity contribution in [2.24, 2.45) is 10.7 Å². The number of anilines is 1. The zero-order chi connectivity index (χ0) is 21.5. The van der Waals surface area contributed by atoms with Crippen molar-refractivity contribution < 1.29 is 9.53 Å².